The average molecular weight is 250 g/mol. The monoisotopic (exact) mass is 250 g/mol. The van der Waals surface area contributed by atoms with Crippen molar-refractivity contribution in [3.8, 4) is 0 Å². The van der Waals surface area contributed by atoms with Crippen LogP contribution in [0.5, 0.6) is 0 Å². The fourth-order valence-corrected chi connectivity index (χ4v) is 1.52. The van der Waals surface area contributed by atoms with E-state index in [2.05, 4.69) is 17.6 Å². The normalized spacial score (nSPS) is 10.1. The molecule has 0 unspecified atom stereocenters. The summed E-state index contributed by atoms with van der Waals surface area (Å²) >= 11 is 0. The molecule has 0 aliphatic carbocycles. The molecule has 100 valence electrons. The van der Waals surface area contributed by atoms with Gasteiger partial charge in [-0.1, -0.05) is 19.1 Å². The first-order valence-electron chi connectivity index (χ1n) is 6.47. The minimum atomic E-state index is -0.171. The molecule has 0 bridgehead atoms. The van der Waals surface area contributed by atoms with Crippen molar-refractivity contribution >= 4 is 11.7 Å². The summed E-state index contributed by atoms with van der Waals surface area (Å²) in [6, 6.07) is 7.70. The van der Waals surface area contributed by atoms with E-state index < -0.39 is 0 Å². The second kappa shape index (κ2) is 8.53. The molecule has 0 aliphatic rings. The van der Waals surface area contributed by atoms with Crippen molar-refractivity contribution in [3.63, 3.8) is 0 Å². The Morgan fingerprint density at radius 2 is 1.94 bits per heavy atom. The fraction of sp³-hybridized carbons (Fsp3) is 0.500. The third-order valence-corrected chi connectivity index (χ3v) is 2.58. The molecule has 0 aromatic heterocycles. The Kier molecular flexibility index (Phi) is 6.87. The number of anilines is 1. The van der Waals surface area contributed by atoms with Crippen molar-refractivity contribution in [2.24, 2.45) is 0 Å². The van der Waals surface area contributed by atoms with Gasteiger partial charge in [0.2, 0.25) is 0 Å². The van der Waals surface area contributed by atoms with E-state index in [0.717, 1.165) is 25.1 Å². The molecule has 0 saturated carbocycles. The molecule has 18 heavy (non-hydrogen) atoms. The van der Waals surface area contributed by atoms with Crippen LogP contribution < -0.4 is 10.6 Å². The van der Waals surface area contributed by atoms with Crippen LogP contribution in [0.25, 0.3) is 0 Å². The van der Waals surface area contributed by atoms with Crippen molar-refractivity contribution in [2.45, 2.75) is 26.7 Å². The molecule has 4 nitrogen and oxygen atoms in total. The predicted octanol–water partition coefficient (Wildman–Crippen LogP) is 2.80. The van der Waals surface area contributed by atoms with Gasteiger partial charge < -0.3 is 15.4 Å². The molecule has 1 aromatic carbocycles. The lowest BCUT2D eigenvalue weighted by Gasteiger charge is -2.08. The molecule has 0 heterocycles. The standard InChI is InChI=1S/C14H22N2O2/c1-3-12-6-8-13(9-7-12)16-14(17)15-10-5-11-18-4-2/h6-9H,3-5,10-11H2,1-2H3,(H2,15,16,17). The maximum Gasteiger partial charge on any atom is 0.319 e. The van der Waals surface area contributed by atoms with E-state index in [9.17, 15) is 4.79 Å². The topological polar surface area (TPSA) is 50.4 Å². The molecule has 1 rings (SSSR count). The Morgan fingerprint density at radius 1 is 1.22 bits per heavy atom. The van der Waals surface area contributed by atoms with Crippen LogP contribution in [0.15, 0.2) is 24.3 Å². The van der Waals surface area contributed by atoms with Crippen LogP contribution in [0.2, 0.25) is 0 Å². The van der Waals surface area contributed by atoms with Crippen LogP contribution in [0.1, 0.15) is 25.8 Å². The van der Waals surface area contributed by atoms with Gasteiger partial charge in [0, 0.05) is 25.4 Å². The van der Waals surface area contributed by atoms with Crippen LogP contribution in [0, 0.1) is 0 Å². The molecule has 0 saturated heterocycles. The molecule has 2 N–H and O–H groups in total. The van der Waals surface area contributed by atoms with E-state index in [0.29, 0.717) is 13.2 Å². The minimum Gasteiger partial charge on any atom is -0.382 e. The summed E-state index contributed by atoms with van der Waals surface area (Å²) in [6.07, 6.45) is 1.83. The SMILES string of the molecule is CCOCCCNC(=O)Nc1ccc(CC)cc1. The lowest BCUT2D eigenvalue weighted by atomic mass is 10.1. The smallest absolute Gasteiger partial charge is 0.319 e. The number of nitrogens with one attached hydrogen (secondary N) is 2. The van der Waals surface area contributed by atoms with Crippen molar-refractivity contribution in [1.82, 2.24) is 5.32 Å². The van der Waals surface area contributed by atoms with Crippen molar-refractivity contribution in [1.29, 1.82) is 0 Å². The first-order valence-corrected chi connectivity index (χ1v) is 6.47. The highest BCUT2D eigenvalue weighted by molar-refractivity contribution is 5.89. The number of ether oxygens (including phenoxy) is 1. The van der Waals surface area contributed by atoms with Crippen LogP contribution in [0.3, 0.4) is 0 Å². The maximum atomic E-state index is 11.5. The molecule has 0 aliphatic heterocycles. The summed E-state index contributed by atoms with van der Waals surface area (Å²) in [5.74, 6) is 0. The first kappa shape index (κ1) is 14.5. The lowest BCUT2D eigenvalue weighted by molar-refractivity contribution is 0.145. The number of urea groups is 1. The van der Waals surface area contributed by atoms with Gasteiger partial charge in [0.25, 0.3) is 0 Å². The van der Waals surface area contributed by atoms with E-state index in [4.69, 9.17) is 4.74 Å². The first-order chi connectivity index (χ1) is 8.76. The van der Waals surface area contributed by atoms with E-state index >= 15 is 0 Å². The Labute approximate surface area is 109 Å². The largest absolute Gasteiger partial charge is 0.382 e. The number of hydrogen-bond donors (Lipinski definition) is 2. The van der Waals surface area contributed by atoms with Crippen LogP contribution in [0.4, 0.5) is 10.5 Å². The molecule has 0 radical (unpaired) electrons. The van der Waals surface area contributed by atoms with Crippen molar-refractivity contribution in [2.75, 3.05) is 25.1 Å². The van der Waals surface area contributed by atoms with Crippen LogP contribution >= 0.6 is 0 Å². The number of aryl methyl sites for hydroxylation is 1. The van der Waals surface area contributed by atoms with Gasteiger partial charge in [-0.2, -0.15) is 0 Å². The Morgan fingerprint density at radius 3 is 2.56 bits per heavy atom. The Balaban J connectivity index is 2.22. The van der Waals surface area contributed by atoms with Gasteiger partial charge >= 0.3 is 6.03 Å². The summed E-state index contributed by atoms with van der Waals surface area (Å²) in [7, 11) is 0. The lowest BCUT2D eigenvalue weighted by Crippen LogP contribution is -2.30. The summed E-state index contributed by atoms with van der Waals surface area (Å²) in [4.78, 5) is 11.5. The molecule has 2 amide bonds. The van der Waals surface area contributed by atoms with Gasteiger partial charge in [0.15, 0.2) is 0 Å². The quantitative estimate of drug-likeness (QED) is 0.731. The average Bonchev–Trinajstić information content (AvgIpc) is 2.39. The highest BCUT2D eigenvalue weighted by Crippen LogP contribution is 2.09. The van der Waals surface area contributed by atoms with Gasteiger partial charge in [-0.3, -0.25) is 0 Å². The molecular weight excluding hydrogens is 228 g/mol. The third-order valence-electron chi connectivity index (χ3n) is 2.58. The van der Waals surface area contributed by atoms with Crippen molar-refractivity contribution < 1.29 is 9.53 Å². The van der Waals surface area contributed by atoms with Crippen LogP contribution in [-0.4, -0.2) is 25.8 Å². The highest BCUT2D eigenvalue weighted by Gasteiger charge is 2.00. The molecule has 0 spiro atoms. The summed E-state index contributed by atoms with van der Waals surface area (Å²) in [5.41, 5.74) is 2.08. The second-order valence-corrected chi connectivity index (χ2v) is 3.98. The number of carbonyl (C=O) groups is 1. The number of rotatable bonds is 7. The second-order valence-electron chi connectivity index (χ2n) is 3.98. The molecule has 4 heteroatoms. The zero-order valence-electron chi connectivity index (χ0n) is 11.2. The van der Waals surface area contributed by atoms with Gasteiger partial charge in [0.1, 0.15) is 0 Å². The fourth-order valence-electron chi connectivity index (χ4n) is 1.52. The summed E-state index contributed by atoms with van der Waals surface area (Å²) in [6.45, 7) is 6.09. The molecule has 1 aromatic rings. The zero-order valence-corrected chi connectivity index (χ0v) is 11.2. The maximum absolute atomic E-state index is 11.5. The predicted molar refractivity (Wildman–Crippen MR) is 74.0 cm³/mol. The van der Waals surface area contributed by atoms with Gasteiger partial charge in [-0.15, -0.1) is 0 Å². The minimum absolute atomic E-state index is 0.171. The number of amides is 2. The molecule has 0 fully saturated rings. The van der Waals surface area contributed by atoms with E-state index in [1.807, 2.05) is 31.2 Å². The van der Waals surface area contributed by atoms with E-state index in [-0.39, 0.29) is 6.03 Å². The van der Waals surface area contributed by atoms with Gasteiger partial charge in [-0.05, 0) is 37.5 Å². The third kappa shape index (κ3) is 5.68. The molecule has 0 atom stereocenters. The molecular formula is C14H22N2O2. The zero-order chi connectivity index (χ0) is 13.2. The highest BCUT2D eigenvalue weighted by atomic mass is 16.5. The van der Waals surface area contributed by atoms with Gasteiger partial charge in [0.05, 0.1) is 0 Å². The van der Waals surface area contributed by atoms with E-state index in [1.54, 1.807) is 0 Å². The number of hydrogen-bond acceptors (Lipinski definition) is 2. The summed E-state index contributed by atoms with van der Waals surface area (Å²) in [5, 5.41) is 5.58. The summed E-state index contributed by atoms with van der Waals surface area (Å²) < 4.78 is 5.19. The van der Waals surface area contributed by atoms with E-state index in [1.165, 1.54) is 5.56 Å². The van der Waals surface area contributed by atoms with Crippen molar-refractivity contribution in [3.05, 3.63) is 29.8 Å². The Hall–Kier alpha value is -1.55. The number of benzene rings is 1. The van der Waals surface area contributed by atoms with Gasteiger partial charge in [-0.25, -0.2) is 4.79 Å². The van der Waals surface area contributed by atoms with Crippen LogP contribution in [-0.2, 0) is 11.2 Å². The Bertz CT molecular complexity index is 349. The number of carbonyl (C=O) groups excluding carboxylic acids is 1.